The van der Waals surface area contributed by atoms with Crippen molar-refractivity contribution in [2.24, 2.45) is 0 Å². The maximum Gasteiger partial charge on any atom is 0.267 e. The first-order valence-corrected chi connectivity index (χ1v) is 7.13. The maximum atomic E-state index is 11.9. The second-order valence-electron chi connectivity index (χ2n) is 3.97. The van der Waals surface area contributed by atoms with E-state index in [-0.39, 0.29) is 6.10 Å². The lowest BCUT2D eigenvalue weighted by Crippen LogP contribution is -2.34. The summed E-state index contributed by atoms with van der Waals surface area (Å²) in [7, 11) is -1.02. The van der Waals surface area contributed by atoms with Crippen LogP contribution in [0, 0.1) is 0 Å². The van der Waals surface area contributed by atoms with Gasteiger partial charge in [0.1, 0.15) is 0 Å². The van der Waals surface area contributed by atoms with Gasteiger partial charge in [-0.05, 0) is 19.8 Å². The molecular formula is C9H20NO3P. The van der Waals surface area contributed by atoms with Crippen LogP contribution in [-0.4, -0.2) is 32.5 Å². The lowest BCUT2D eigenvalue weighted by Gasteiger charge is -2.30. The van der Waals surface area contributed by atoms with Crippen molar-refractivity contribution in [2.75, 3.05) is 20.4 Å². The van der Waals surface area contributed by atoms with Crippen LogP contribution < -0.4 is 5.09 Å². The highest BCUT2D eigenvalue weighted by atomic mass is 31.2. The molecule has 5 heteroatoms. The van der Waals surface area contributed by atoms with Gasteiger partial charge >= 0.3 is 0 Å². The monoisotopic (exact) mass is 221 g/mol. The normalized spacial score (nSPS) is 23.9. The Balaban J connectivity index is 2.28. The molecule has 1 rings (SSSR count). The van der Waals surface area contributed by atoms with Crippen molar-refractivity contribution < 1.29 is 13.8 Å². The Bertz CT molecular complexity index is 218. The zero-order valence-corrected chi connectivity index (χ0v) is 10.0. The number of methoxy groups -OCH3 is 1. The van der Waals surface area contributed by atoms with E-state index in [2.05, 4.69) is 5.09 Å². The van der Waals surface area contributed by atoms with Crippen molar-refractivity contribution >= 4 is 7.52 Å². The number of ether oxygens (including phenoxy) is 1. The molecule has 2 unspecified atom stereocenters. The molecule has 0 spiro atoms. The molecule has 1 aliphatic rings. The Morgan fingerprint density at radius 2 is 2.21 bits per heavy atom. The van der Waals surface area contributed by atoms with Gasteiger partial charge < -0.3 is 9.26 Å². The molecule has 1 aliphatic carbocycles. The topological polar surface area (TPSA) is 47.6 Å². The predicted octanol–water partition coefficient (Wildman–Crippen LogP) is 2.00. The van der Waals surface area contributed by atoms with Crippen molar-refractivity contribution in [3.05, 3.63) is 0 Å². The second kappa shape index (κ2) is 5.26. The van der Waals surface area contributed by atoms with Crippen LogP contribution >= 0.6 is 7.52 Å². The molecule has 0 aromatic carbocycles. The molecular weight excluding hydrogens is 201 g/mol. The SMILES string of the molecule is COCC(C)OP(C)(=O)NC1CCC1. The fourth-order valence-electron chi connectivity index (χ4n) is 1.51. The van der Waals surface area contributed by atoms with E-state index in [1.807, 2.05) is 6.92 Å². The van der Waals surface area contributed by atoms with Crippen LogP contribution in [0.5, 0.6) is 0 Å². The van der Waals surface area contributed by atoms with Gasteiger partial charge in [-0.25, -0.2) is 5.09 Å². The van der Waals surface area contributed by atoms with Gasteiger partial charge in [-0.2, -0.15) is 0 Å². The summed E-state index contributed by atoms with van der Waals surface area (Å²) in [6.07, 6.45) is 3.33. The van der Waals surface area contributed by atoms with Crippen LogP contribution in [0.25, 0.3) is 0 Å². The van der Waals surface area contributed by atoms with Gasteiger partial charge in [0.25, 0.3) is 7.52 Å². The number of hydrogen-bond donors (Lipinski definition) is 1. The molecule has 0 aromatic rings. The van der Waals surface area contributed by atoms with Crippen molar-refractivity contribution in [3.63, 3.8) is 0 Å². The second-order valence-corrected chi connectivity index (χ2v) is 6.13. The molecule has 0 aromatic heterocycles. The van der Waals surface area contributed by atoms with E-state index >= 15 is 0 Å². The third-order valence-corrected chi connectivity index (χ3v) is 3.90. The average Bonchev–Trinajstić information content (AvgIpc) is 1.96. The maximum absolute atomic E-state index is 11.9. The summed E-state index contributed by atoms with van der Waals surface area (Å²) < 4.78 is 22.2. The van der Waals surface area contributed by atoms with Crippen LogP contribution in [0.15, 0.2) is 0 Å². The van der Waals surface area contributed by atoms with Gasteiger partial charge in [0.05, 0.1) is 12.7 Å². The first-order valence-electron chi connectivity index (χ1n) is 5.06. The Labute approximate surface area is 85.9 Å². The summed E-state index contributed by atoms with van der Waals surface area (Å²) >= 11 is 0. The Morgan fingerprint density at radius 1 is 1.57 bits per heavy atom. The third-order valence-electron chi connectivity index (χ3n) is 2.30. The van der Waals surface area contributed by atoms with Gasteiger partial charge in [-0.15, -0.1) is 0 Å². The van der Waals surface area contributed by atoms with E-state index in [0.29, 0.717) is 12.6 Å². The highest BCUT2D eigenvalue weighted by Gasteiger charge is 2.27. The minimum absolute atomic E-state index is 0.122. The van der Waals surface area contributed by atoms with Gasteiger partial charge in [0, 0.05) is 19.8 Å². The summed E-state index contributed by atoms with van der Waals surface area (Å²) in [5.74, 6) is 0. The van der Waals surface area contributed by atoms with E-state index in [9.17, 15) is 4.57 Å². The van der Waals surface area contributed by atoms with E-state index in [4.69, 9.17) is 9.26 Å². The highest BCUT2D eigenvalue weighted by molar-refractivity contribution is 7.56. The highest BCUT2D eigenvalue weighted by Crippen LogP contribution is 2.42. The average molecular weight is 221 g/mol. The zero-order chi connectivity index (χ0) is 10.6. The summed E-state index contributed by atoms with van der Waals surface area (Å²) in [6.45, 7) is 3.98. The van der Waals surface area contributed by atoms with Crippen LogP contribution in [0.1, 0.15) is 26.2 Å². The van der Waals surface area contributed by atoms with Gasteiger partial charge in [-0.3, -0.25) is 4.57 Å². The summed E-state index contributed by atoms with van der Waals surface area (Å²) in [6, 6.07) is 0.389. The molecule has 0 saturated heterocycles. The molecule has 84 valence electrons. The van der Waals surface area contributed by atoms with Gasteiger partial charge in [-0.1, -0.05) is 6.42 Å². The lowest BCUT2D eigenvalue weighted by atomic mass is 9.94. The largest absolute Gasteiger partial charge is 0.382 e. The van der Waals surface area contributed by atoms with Crippen molar-refractivity contribution in [1.82, 2.24) is 5.09 Å². The number of nitrogens with one attached hydrogen (secondary N) is 1. The van der Waals surface area contributed by atoms with Crippen molar-refractivity contribution in [1.29, 1.82) is 0 Å². The smallest absolute Gasteiger partial charge is 0.267 e. The summed E-state index contributed by atoms with van der Waals surface area (Å²) in [4.78, 5) is 0. The van der Waals surface area contributed by atoms with Crippen LogP contribution in [-0.2, 0) is 13.8 Å². The molecule has 0 radical (unpaired) electrons. The lowest BCUT2D eigenvalue weighted by molar-refractivity contribution is 0.0919. The predicted molar refractivity (Wildman–Crippen MR) is 56.7 cm³/mol. The first-order chi connectivity index (χ1) is 6.53. The fourth-order valence-corrected chi connectivity index (χ4v) is 3.24. The molecule has 0 heterocycles. The minimum atomic E-state index is -2.63. The molecule has 0 aliphatic heterocycles. The molecule has 1 N–H and O–H groups in total. The zero-order valence-electron chi connectivity index (χ0n) is 9.16. The summed E-state index contributed by atoms with van der Waals surface area (Å²) in [5, 5.41) is 3.06. The molecule has 4 nitrogen and oxygen atoms in total. The van der Waals surface area contributed by atoms with Crippen LogP contribution in [0.4, 0.5) is 0 Å². The molecule has 2 atom stereocenters. The molecule has 1 fully saturated rings. The van der Waals surface area contributed by atoms with E-state index < -0.39 is 7.52 Å². The van der Waals surface area contributed by atoms with Crippen LogP contribution in [0.3, 0.4) is 0 Å². The third kappa shape index (κ3) is 4.09. The Morgan fingerprint density at radius 3 is 2.64 bits per heavy atom. The van der Waals surface area contributed by atoms with E-state index in [0.717, 1.165) is 12.8 Å². The van der Waals surface area contributed by atoms with E-state index in [1.165, 1.54) is 6.42 Å². The molecule has 0 amide bonds. The molecule has 0 bridgehead atoms. The van der Waals surface area contributed by atoms with Crippen molar-refractivity contribution in [3.8, 4) is 0 Å². The first kappa shape index (κ1) is 12.2. The van der Waals surface area contributed by atoms with Gasteiger partial charge in [0.2, 0.25) is 0 Å². The fraction of sp³-hybridized carbons (Fsp3) is 1.00. The Kier molecular flexibility index (Phi) is 4.58. The Hall–Kier alpha value is 0.110. The van der Waals surface area contributed by atoms with Crippen molar-refractivity contribution in [2.45, 2.75) is 38.3 Å². The quantitative estimate of drug-likeness (QED) is 0.697. The van der Waals surface area contributed by atoms with Gasteiger partial charge in [0.15, 0.2) is 0 Å². The standard InChI is InChI=1S/C9H20NO3P/c1-8(7-12-2)13-14(3,11)10-9-5-4-6-9/h8-9H,4-7H2,1-3H3,(H,10,11). The number of hydrogen-bond acceptors (Lipinski definition) is 3. The van der Waals surface area contributed by atoms with E-state index in [1.54, 1.807) is 13.8 Å². The van der Waals surface area contributed by atoms with Crippen LogP contribution in [0.2, 0.25) is 0 Å². The molecule has 1 saturated carbocycles. The molecule has 14 heavy (non-hydrogen) atoms. The minimum Gasteiger partial charge on any atom is -0.382 e. The summed E-state index contributed by atoms with van der Waals surface area (Å²) in [5.41, 5.74) is 0. The number of rotatable bonds is 6.